The number of carbonyl (C=O) groups excluding carboxylic acids is 2. The molecule has 0 aromatic rings. The first-order valence-corrected chi connectivity index (χ1v) is 10.6. The predicted molar refractivity (Wildman–Crippen MR) is 107 cm³/mol. The second-order valence-electron chi connectivity index (χ2n) is 8.73. The number of ether oxygens (including phenoxy) is 2. The van der Waals surface area contributed by atoms with E-state index in [-0.39, 0.29) is 24.0 Å². The Balaban J connectivity index is 2.22. The van der Waals surface area contributed by atoms with Crippen molar-refractivity contribution in [2.45, 2.75) is 91.4 Å². The van der Waals surface area contributed by atoms with Crippen molar-refractivity contribution in [1.82, 2.24) is 5.32 Å². The summed E-state index contributed by atoms with van der Waals surface area (Å²) >= 11 is 0. The van der Waals surface area contributed by atoms with Gasteiger partial charge in [-0.25, -0.2) is 4.79 Å². The minimum absolute atomic E-state index is 0.120. The third-order valence-electron chi connectivity index (χ3n) is 5.30. The minimum atomic E-state index is -0.585. The van der Waals surface area contributed by atoms with E-state index in [4.69, 9.17) is 14.3 Å². The van der Waals surface area contributed by atoms with Crippen molar-refractivity contribution < 1.29 is 23.9 Å². The normalized spacial score (nSPS) is 26.5. The van der Waals surface area contributed by atoms with Gasteiger partial charge in [-0.05, 0) is 47.0 Å². The van der Waals surface area contributed by atoms with E-state index < -0.39 is 17.6 Å². The maximum Gasteiger partial charge on any atom is 0.407 e. The molecule has 0 bridgehead atoms. The molecule has 0 aromatic heterocycles. The Morgan fingerprint density at radius 1 is 1.21 bits per heavy atom. The summed E-state index contributed by atoms with van der Waals surface area (Å²) in [6, 6.07) is -0.258. The number of nitrogens with zero attached hydrogens (tertiary/aromatic N) is 1. The van der Waals surface area contributed by atoms with Gasteiger partial charge >= 0.3 is 12.1 Å². The highest BCUT2D eigenvalue weighted by molar-refractivity contribution is 5.93. The second kappa shape index (κ2) is 9.61. The van der Waals surface area contributed by atoms with Crippen LogP contribution in [-0.4, -0.2) is 42.1 Å². The van der Waals surface area contributed by atoms with Crippen LogP contribution in [0, 0.1) is 17.8 Å². The van der Waals surface area contributed by atoms with Gasteiger partial charge in [-0.2, -0.15) is 0 Å². The molecule has 7 nitrogen and oxygen atoms in total. The summed E-state index contributed by atoms with van der Waals surface area (Å²) in [5.74, 6) is -0.543. The van der Waals surface area contributed by atoms with Crippen molar-refractivity contribution >= 4 is 17.8 Å². The van der Waals surface area contributed by atoms with Crippen molar-refractivity contribution in [2.75, 3.05) is 6.61 Å². The SMILES string of the molecule is CCCC(CCC)C1=NOC2C(C(=O)OCC)CC(NC(=O)OC(C)(C)C)C12. The largest absolute Gasteiger partial charge is 0.466 e. The molecule has 4 atom stereocenters. The number of fused-ring (bicyclic) bond motifs is 1. The van der Waals surface area contributed by atoms with Crippen LogP contribution in [0.25, 0.3) is 0 Å². The Morgan fingerprint density at radius 2 is 1.86 bits per heavy atom. The van der Waals surface area contributed by atoms with Gasteiger partial charge in [-0.3, -0.25) is 4.79 Å². The number of oxime groups is 1. The van der Waals surface area contributed by atoms with Gasteiger partial charge in [-0.15, -0.1) is 0 Å². The quantitative estimate of drug-likeness (QED) is 0.626. The Labute approximate surface area is 168 Å². The first-order chi connectivity index (χ1) is 13.2. The summed E-state index contributed by atoms with van der Waals surface area (Å²) in [4.78, 5) is 30.6. The van der Waals surface area contributed by atoms with E-state index in [0.29, 0.717) is 18.9 Å². The molecule has 1 aliphatic heterocycles. The van der Waals surface area contributed by atoms with Gasteiger partial charge in [-0.1, -0.05) is 31.8 Å². The molecule has 28 heavy (non-hydrogen) atoms. The fourth-order valence-electron chi connectivity index (χ4n) is 4.30. The average Bonchev–Trinajstić information content (AvgIpc) is 3.14. The molecule has 1 saturated carbocycles. The lowest BCUT2D eigenvalue weighted by atomic mass is 9.82. The van der Waals surface area contributed by atoms with E-state index in [2.05, 4.69) is 24.3 Å². The molecular weight excluding hydrogens is 360 g/mol. The van der Waals surface area contributed by atoms with Crippen LogP contribution >= 0.6 is 0 Å². The molecule has 0 spiro atoms. The van der Waals surface area contributed by atoms with E-state index >= 15 is 0 Å². The van der Waals surface area contributed by atoms with Gasteiger partial charge in [0, 0.05) is 12.0 Å². The minimum Gasteiger partial charge on any atom is -0.466 e. The van der Waals surface area contributed by atoms with Gasteiger partial charge < -0.3 is 19.6 Å². The Kier molecular flexibility index (Phi) is 7.72. The molecule has 0 radical (unpaired) electrons. The fraction of sp³-hybridized carbons (Fsp3) is 0.857. The van der Waals surface area contributed by atoms with Crippen LogP contribution in [0.15, 0.2) is 5.16 Å². The lowest BCUT2D eigenvalue weighted by Gasteiger charge is -2.26. The zero-order valence-electron chi connectivity index (χ0n) is 18.1. The van der Waals surface area contributed by atoms with Crippen LogP contribution in [0.3, 0.4) is 0 Å². The summed E-state index contributed by atoms with van der Waals surface area (Å²) in [7, 11) is 0. The molecule has 0 aromatic carbocycles. The van der Waals surface area contributed by atoms with Crippen molar-refractivity contribution in [3.63, 3.8) is 0 Å². The van der Waals surface area contributed by atoms with Crippen LogP contribution in [-0.2, 0) is 19.1 Å². The molecule has 7 heteroatoms. The predicted octanol–water partition coefficient (Wildman–Crippen LogP) is 4.05. The van der Waals surface area contributed by atoms with Crippen LogP contribution in [0.1, 0.15) is 73.6 Å². The summed E-state index contributed by atoms with van der Waals surface area (Å²) in [6.45, 7) is 11.9. The Hall–Kier alpha value is -1.79. The van der Waals surface area contributed by atoms with Crippen LogP contribution in [0.4, 0.5) is 4.79 Å². The molecule has 1 N–H and O–H groups in total. The van der Waals surface area contributed by atoms with Crippen molar-refractivity contribution in [3.05, 3.63) is 0 Å². The second-order valence-corrected chi connectivity index (χ2v) is 8.73. The van der Waals surface area contributed by atoms with Gasteiger partial charge in [0.2, 0.25) is 0 Å². The smallest absolute Gasteiger partial charge is 0.407 e. The molecule has 2 rings (SSSR count). The van der Waals surface area contributed by atoms with E-state index in [1.165, 1.54) is 0 Å². The average molecular weight is 397 g/mol. The molecule has 4 unspecified atom stereocenters. The first-order valence-electron chi connectivity index (χ1n) is 10.6. The van der Waals surface area contributed by atoms with E-state index in [1.54, 1.807) is 6.92 Å². The van der Waals surface area contributed by atoms with Gasteiger partial charge in [0.15, 0.2) is 6.10 Å². The van der Waals surface area contributed by atoms with Crippen LogP contribution < -0.4 is 5.32 Å². The standard InChI is InChI=1S/C21H36N2O5/c1-7-10-13(11-8-2)17-16-15(22-20(25)27-21(4,5)6)12-14(18(16)28-23-17)19(24)26-9-3/h13-16,18H,7-12H2,1-6H3,(H,22,25). The maximum atomic E-state index is 12.5. The molecule has 1 fully saturated rings. The monoisotopic (exact) mass is 396 g/mol. The van der Waals surface area contributed by atoms with Crippen molar-refractivity contribution in [2.24, 2.45) is 22.9 Å². The van der Waals surface area contributed by atoms with Crippen LogP contribution in [0.5, 0.6) is 0 Å². The Bertz CT molecular complexity index is 578. The van der Waals surface area contributed by atoms with Gasteiger partial charge in [0.25, 0.3) is 0 Å². The van der Waals surface area contributed by atoms with E-state index in [1.807, 2.05) is 20.8 Å². The highest BCUT2D eigenvalue weighted by atomic mass is 16.6. The Morgan fingerprint density at radius 3 is 2.39 bits per heavy atom. The lowest BCUT2D eigenvalue weighted by molar-refractivity contribution is -0.152. The van der Waals surface area contributed by atoms with E-state index in [9.17, 15) is 9.59 Å². The summed E-state index contributed by atoms with van der Waals surface area (Å²) < 4.78 is 10.7. The topological polar surface area (TPSA) is 86.2 Å². The zero-order chi connectivity index (χ0) is 20.9. The molecule has 1 aliphatic carbocycles. The number of hydrogen-bond acceptors (Lipinski definition) is 6. The molecule has 0 saturated heterocycles. The van der Waals surface area contributed by atoms with Crippen molar-refractivity contribution in [1.29, 1.82) is 0 Å². The molecule has 160 valence electrons. The summed E-state index contributed by atoms with van der Waals surface area (Å²) in [6.07, 6.45) is 3.74. The van der Waals surface area contributed by atoms with Gasteiger partial charge in [0.05, 0.1) is 24.2 Å². The zero-order valence-corrected chi connectivity index (χ0v) is 18.1. The number of rotatable bonds is 8. The van der Waals surface area contributed by atoms with Gasteiger partial charge in [0.1, 0.15) is 5.60 Å². The molecular formula is C21H36N2O5. The highest BCUT2D eigenvalue weighted by Gasteiger charge is 2.55. The lowest BCUT2D eigenvalue weighted by Crippen LogP contribution is -2.45. The number of carbonyl (C=O) groups is 2. The van der Waals surface area contributed by atoms with Crippen molar-refractivity contribution in [3.8, 4) is 0 Å². The number of nitrogens with one attached hydrogen (secondary N) is 1. The number of amides is 1. The number of hydrogen-bond donors (Lipinski definition) is 1. The molecule has 1 amide bonds. The van der Waals surface area contributed by atoms with Crippen LogP contribution in [0.2, 0.25) is 0 Å². The maximum absolute atomic E-state index is 12.5. The summed E-state index contributed by atoms with van der Waals surface area (Å²) in [5, 5.41) is 7.37. The summed E-state index contributed by atoms with van der Waals surface area (Å²) in [5.41, 5.74) is 0.389. The third kappa shape index (κ3) is 5.39. The fourth-order valence-corrected chi connectivity index (χ4v) is 4.30. The van der Waals surface area contributed by atoms with E-state index in [0.717, 1.165) is 31.4 Å². The first kappa shape index (κ1) is 22.5. The molecule has 2 aliphatic rings. The number of alkyl carbamates (subject to hydrolysis) is 1. The number of esters is 1. The molecule has 1 heterocycles. The third-order valence-corrected chi connectivity index (χ3v) is 5.30. The highest BCUT2D eigenvalue weighted by Crippen LogP contribution is 2.42.